The molecular formula is C22H28ClN3O. The second-order valence-corrected chi connectivity index (χ2v) is 8.57. The van der Waals surface area contributed by atoms with Gasteiger partial charge in [0.05, 0.1) is 6.54 Å². The number of nitrogens with zero attached hydrogens (tertiary/aromatic N) is 3. The van der Waals surface area contributed by atoms with Gasteiger partial charge in [0.2, 0.25) is 0 Å². The molecule has 1 N–H and O–H groups in total. The maximum Gasteiger partial charge on any atom is 0.137 e. The molecule has 2 saturated carbocycles. The van der Waals surface area contributed by atoms with Crippen LogP contribution in [0.25, 0.3) is 6.08 Å². The van der Waals surface area contributed by atoms with E-state index in [2.05, 4.69) is 16.2 Å². The van der Waals surface area contributed by atoms with Crippen molar-refractivity contribution in [2.45, 2.75) is 63.5 Å². The Balaban J connectivity index is 1.69. The standard InChI is InChI=1S/C22H28ClN3O/c23-20-11-9-17(10-12-20)13-19-7-4-8-21(18-5-2-1-3-6-18)22(19,27)14-26-16-24-15-25-26/h9-13,15-16,18,21,27H,1-8,14H2/b19-13-. The van der Waals surface area contributed by atoms with Crippen LogP contribution in [0.5, 0.6) is 0 Å². The molecule has 0 amide bonds. The van der Waals surface area contributed by atoms with Crippen molar-refractivity contribution in [1.29, 1.82) is 0 Å². The van der Waals surface area contributed by atoms with E-state index in [0.29, 0.717) is 12.5 Å². The first-order valence-corrected chi connectivity index (χ1v) is 10.5. The molecule has 2 atom stereocenters. The van der Waals surface area contributed by atoms with Crippen LogP contribution in [0.15, 0.2) is 42.5 Å². The molecule has 0 saturated heterocycles. The Kier molecular flexibility index (Phi) is 5.65. The minimum Gasteiger partial charge on any atom is -0.383 e. The summed E-state index contributed by atoms with van der Waals surface area (Å²) in [5.74, 6) is 0.885. The Labute approximate surface area is 166 Å². The van der Waals surface area contributed by atoms with Crippen LogP contribution in [-0.2, 0) is 6.54 Å². The van der Waals surface area contributed by atoms with Crippen LogP contribution in [-0.4, -0.2) is 25.5 Å². The number of hydrogen-bond donors (Lipinski definition) is 1. The first kappa shape index (κ1) is 18.7. The quantitative estimate of drug-likeness (QED) is 0.793. The van der Waals surface area contributed by atoms with E-state index in [-0.39, 0.29) is 5.92 Å². The van der Waals surface area contributed by atoms with Crippen molar-refractivity contribution < 1.29 is 5.11 Å². The number of aliphatic hydroxyl groups is 1. The topological polar surface area (TPSA) is 50.9 Å². The van der Waals surface area contributed by atoms with Gasteiger partial charge in [-0.15, -0.1) is 0 Å². The molecule has 4 nitrogen and oxygen atoms in total. The molecule has 0 radical (unpaired) electrons. The van der Waals surface area contributed by atoms with Gasteiger partial charge in [-0.25, -0.2) is 9.67 Å². The fourth-order valence-corrected chi connectivity index (χ4v) is 5.23. The molecule has 27 heavy (non-hydrogen) atoms. The lowest BCUT2D eigenvalue weighted by Gasteiger charge is -2.46. The summed E-state index contributed by atoms with van der Waals surface area (Å²) in [7, 11) is 0. The summed E-state index contributed by atoms with van der Waals surface area (Å²) in [6.07, 6.45) is 15.0. The van der Waals surface area contributed by atoms with Gasteiger partial charge >= 0.3 is 0 Å². The fraction of sp³-hybridized carbons (Fsp3) is 0.545. The molecule has 1 aromatic carbocycles. The Morgan fingerprint density at radius 3 is 2.59 bits per heavy atom. The molecule has 2 unspecified atom stereocenters. The van der Waals surface area contributed by atoms with E-state index >= 15 is 0 Å². The first-order chi connectivity index (χ1) is 13.1. The zero-order valence-corrected chi connectivity index (χ0v) is 16.5. The fourth-order valence-electron chi connectivity index (χ4n) is 5.11. The van der Waals surface area contributed by atoms with E-state index in [1.54, 1.807) is 17.3 Å². The lowest BCUT2D eigenvalue weighted by atomic mass is 9.63. The van der Waals surface area contributed by atoms with Gasteiger partial charge in [0.1, 0.15) is 18.3 Å². The molecule has 144 valence electrons. The highest BCUT2D eigenvalue weighted by Gasteiger charge is 2.46. The average molecular weight is 386 g/mol. The molecule has 2 aliphatic rings. The van der Waals surface area contributed by atoms with Crippen molar-refractivity contribution >= 4 is 17.7 Å². The van der Waals surface area contributed by atoms with Crippen LogP contribution in [0.1, 0.15) is 56.9 Å². The van der Waals surface area contributed by atoms with Crippen LogP contribution in [0, 0.1) is 11.8 Å². The highest BCUT2D eigenvalue weighted by Crippen LogP contribution is 2.47. The zero-order valence-electron chi connectivity index (χ0n) is 15.7. The Bertz CT molecular complexity index is 765. The Morgan fingerprint density at radius 2 is 1.89 bits per heavy atom. The van der Waals surface area contributed by atoms with Crippen LogP contribution in [0.2, 0.25) is 5.02 Å². The second kappa shape index (κ2) is 8.15. The van der Waals surface area contributed by atoms with Gasteiger partial charge in [-0.2, -0.15) is 5.10 Å². The molecule has 5 heteroatoms. The molecule has 2 fully saturated rings. The Morgan fingerprint density at radius 1 is 1.11 bits per heavy atom. The minimum absolute atomic E-state index is 0.286. The summed E-state index contributed by atoms with van der Waals surface area (Å²) in [4.78, 5) is 4.08. The smallest absolute Gasteiger partial charge is 0.137 e. The molecule has 2 aliphatic carbocycles. The minimum atomic E-state index is -0.867. The largest absolute Gasteiger partial charge is 0.383 e. The van der Waals surface area contributed by atoms with Crippen LogP contribution >= 0.6 is 11.6 Å². The highest BCUT2D eigenvalue weighted by molar-refractivity contribution is 6.30. The van der Waals surface area contributed by atoms with Gasteiger partial charge in [0.15, 0.2) is 0 Å². The van der Waals surface area contributed by atoms with E-state index in [1.807, 2.05) is 24.3 Å². The van der Waals surface area contributed by atoms with Crippen LogP contribution in [0.3, 0.4) is 0 Å². The number of rotatable bonds is 4. The van der Waals surface area contributed by atoms with E-state index in [1.165, 1.54) is 32.1 Å². The third kappa shape index (κ3) is 4.12. The molecule has 2 aromatic rings. The lowest BCUT2D eigenvalue weighted by molar-refractivity contribution is -0.0514. The summed E-state index contributed by atoms with van der Waals surface area (Å²) >= 11 is 6.04. The van der Waals surface area contributed by atoms with Crippen molar-refractivity contribution in [3.8, 4) is 0 Å². The van der Waals surface area contributed by atoms with Gasteiger partial charge in [-0.05, 0) is 54.4 Å². The summed E-state index contributed by atoms with van der Waals surface area (Å²) in [5.41, 5.74) is 1.35. The molecule has 0 aliphatic heterocycles. The second-order valence-electron chi connectivity index (χ2n) is 8.14. The Hall–Kier alpha value is -1.65. The van der Waals surface area contributed by atoms with Gasteiger partial charge < -0.3 is 5.11 Å². The van der Waals surface area contributed by atoms with E-state index < -0.39 is 5.60 Å². The predicted molar refractivity (Wildman–Crippen MR) is 108 cm³/mol. The van der Waals surface area contributed by atoms with Crippen molar-refractivity contribution in [3.63, 3.8) is 0 Å². The summed E-state index contributed by atoms with van der Waals surface area (Å²) < 4.78 is 1.79. The van der Waals surface area contributed by atoms with Crippen molar-refractivity contribution in [3.05, 3.63) is 53.1 Å². The van der Waals surface area contributed by atoms with Crippen molar-refractivity contribution in [2.75, 3.05) is 0 Å². The van der Waals surface area contributed by atoms with Gasteiger partial charge in [0, 0.05) is 5.02 Å². The highest BCUT2D eigenvalue weighted by atomic mass is 35.5. The van der Waals surface area contributed by atoms with Crippen LogP contribution < -0.4 is 0 Å². The monoisotopic (exact) mass is 385 g/mol. The molecule has 1 heterocycles. The number of halogens is 1. The average Bonchev–Trinajstić information content (AvgIpc) is 3.18. The maximum absolute atomic E-state index is 12.0. The molecule has 1 aromatic heterocycles. The van der Waals surface area contributed by atoms with Crippen molar-refractivity contribution in [1.82, 2.24) is 14.8 Å². The molecular weight excluding hydrogens is 358 g/mol. The molecule has 4 rings (SSSR count). The van der Waals surface area contributed by atoms with Gasteiger partial charge in [-0.1, -0.05) is 61.9 Å². The van der Waals surface area contributed by atoms with Crippen molar-refractivity contribution in [2.24, 2.45) is 11.8 Å². The maximum atomic E-state index is 12.0. The number of hydrogen-bond acceptors (Lipinski definition) is 3. The summed E-state index contributed by atoms with van der Waals surface area (Å²) in [6, 6.07) is 7.86. The number of aromatic nitrogens is 3. The van der Waals surface area contributed by atoms with E-state index in [0.717, 1.165) is 35.4 Å². The third-order valence-corrected chi connectivity index (χ3v) is 6.68. The summed E-state index contributed by atoms with van der Waals surface area (Å²) in [5, 5.41) is 17.1. The SMILES string of the molecule is OC1(Cn2cncn2)/C(=C\c2ccc(Cl)cc2)CCCC1C1CCCCC1. The first-order valence-electron chi connectivity index (χ1n) is 10.2. The molecule has 0 spiro atoms. The van der Waals surface area contributed by atoms with E-state index in [4.69, 9.17) is 11.6 Å². The van der Waals surface area contributed by atoms with Crippen LogP contribution in [0.4, 0.5) is 0 Å². The zero-order chi connectivity index (χ0) is 18.7. The predicted octanol–water partition coefficient (Wildman–Crippen LogP) is 5.13. The number of benzene rings is 1. The summed E-state index contributed by atoms with van der Waals surface area (Å²) in [6.45, 7) is 0.480. The van der Waals surface area contributed by atoms with Gasteiger partial charge in [-0.3, -0.25) is 0 Å². The normalized spacial score (nSPS) is 28.5. The van der Waals surface area contributed by atoms with E-state index in [9.17, 15) is 5.11 Å². The molecule has 0 bridgehead atoms. The lowest BCUT2D eigenvalue weighted by Crippen LogP contribution is -2.49. The van der Waals surface area contributed by atoms with Gasteiger partial charge in [0.25, 0.3) is 0 Å². The third-order valence-electron chi connectivity index (χ3n) is 6.43.